The summed E-state index contributed by atoms with van der Waals surface area (Å²) in [7, 11) is 1.63. The Morgan fingerprint density at radius 3 is 2.50 bits per heavy atom. The molecule has 1 aromatic carbocycles. The molecule has 7 heteroatoms. The van der Waals surface area contributed by atoms with Gasteiger partial charge in [0.05, 0.1) is 12.8 Å². The maximum absolute atomic E-state index is 12.8. The number of pyridine rings is 1. The van der Waals surface area contributed by atoms with Crippen molar-refractivity contribution in [3.63, 3.8) is 0 Å². The molecule has 0 bridgehead atoms. The van der Waals surface area contributed by atoms with Crippen molar-refractivity contribution in [3.05, 3.63) is 59.9 Å². The molecule has 3 aromatic rings. The first kappa shape index (κ1) is 18.0. The van der Waals surface area contributed by atoms with Gasteiger partial charge in [0.2, 0.25) is 0 Å². The summed E-state index contributed by atoms with van der Waals surface area (Å²) in [6.07, 6.45) is 0. The zero-order chi connectivity index (χ0) is 19.5. The number of H-pyrrole nitrogens is 1. The molecule has 1 fully saturated rings. The molecule has 1 aliphatic heterocycles. The highest BCUT2D eigenvalue weighted by molar-refractivity contribution is 5.93. The molecule has 28 heavy (non-hydrogen) atoms. The van der Waals surface area contributed by atoms with Crippen molar-refractivity contribution in [2.24, 2.45) is 0 Å². The number of anilines is 1. The largest absolute Gasteiger partial charge is 0.497 e. The van der Waals surface area contributed by atoms with Crippen LogP contribution in [0, 0.1) is 6.92 Å². The number of carbonyl (C=O) groups is 1. The van der Waals surface area contributed by atoms with Gasteiger partial charge < -0.3 is 14.5 Å². The Balaban J connectivity index is 1.41. The van der Waals surface area contributed by atoms with E-state index in [1.807, 2.05) is 54.3 Å². The van der Waals surface area contributed by atoms with Gasteiger partial charge in [-0.3, -0.25) is 9.89 Å². The van der Waals surface area contributed by atoms with Crippen molar-refractivity contribution in [1.82, 2.24) is 20.1 Å². The van der Waals surface area contributed by atoms with Crippen LogP contribution in [0.4, 0.5) is 5.82 Å². The Hall–Kier alpha value is -3.35. The molecule has 0 aliphatic carbocycles. The molecule has 1 amide bonds. The number of nitrogens with one attached hydrogen (secondary N) is 1. The van der Waals surface area contributed by atoms with Crippen molar-refractivity contribution >= 4 is 11.7 Å². The summed E-state index contributed by atoms with van der Waals surface area (Å²) in [6.45, 7) is 4.84. The van der Waals surface area contributed by atoms with E-state index in [0.717, 1.165) is 41.6 Å². The lowest BCUT2D eigenvalue weighted by Crippen LogP contribution is -2.49. The van der Waals surface area contributed by atoms with Crippen LogP contribution in [0.5, 0.6) is 5.75 Å². The Labute approximate surface area is 164 Å². The summed E-state index contributed by atoms with van der Waals surface area (Å²) in [5.74, 6) is 1.73. The number of rotatable bonds is 4. The van der Waals surface area contributed by atoms with Crippen LogP contribution in [-0.4, -0.2) is 59.3 Å². The van der Waals surface area contributed by atoms with Gasteiger partial charge in [0, 0.05) is 37.4 Å². The zero-order valence-corrected chi connectivity index (χ0v) is 16.1. The number of piperazine rings is 1. The first-order chi connectivity index (χ1) is 13.6. The number of nitrogens with zero attached hydrogens (tertiary/aromatic N) is 4. The summed E-state index contributed by atoms with van der Waals surface area (Å²) in [4.78, 5) is 21.5. The average molecular weight is 377 g/mol. The lowest BCUT2D eigenvalue weighted by Gasteiger charge is -2.35. The number of aromatic amines is 1. The number of hydrogen-bond acceptors (Lipinski definition) is 5. The van der Waals surface area contributed by atoms with Gasteiger partial charge in [-0.2, -0.15) is 5.10 Å². The maximum atomic E-state index is 12.8. The summed E-state index contributed by atoms with van der Waals surface area (Å²) in [5, 5.41) is 7.18. The van der Waals surface area contributed by atoms with E-state index in [4.69, 9.17) is 4.74 Å². The molecule has 0 spiro atoms. The quantitative estimate of drug-likeness (QED) is 0.757. The van der Waals surface area contributed by atoms with E-state index in [-0.39, 0.29) is 5.91 Å². The van der Waals surface area contributed by atoms with E-state index in [9.17, 15) is 4.79 Å². The molecule has 1 N–H and O–H groups in total. The minimum Gasteiger partial charge on any atom is -0.497 e. The van der Waals surface area contributed by atoms with Crippen molar-refractivity contribution in [2.75, 3.05) is 38.2 Å². The molecular weight excluding hydrogens is 354 g/mol. The number of aromatic nitrogens is 3. The Bertz CT molecular complexity index is 959. The lowest BCUT2D eigenvalue weighted by atomic mass is 10.1. The molecule has 0 unspecified atom stereocenters. The molecule has 0 saturated carbocycles. The number of methoxy groups -OCH3 is 1. The normalized spacial score (nSPS) is 14.2. The van der Waals surface area contributed by atoms with E-state index in [1.165, 1.54) is 0 Å². The van der Waals surface area contributed by atoms with Crippen molar-refractivity contribution in [3.8, 4) is 17.0 Å². The summed E-state index contributed by atoms with van der Waals surface area (Å²) < 4.78 is 5.18. The van der Waals surface area contributed by atoms with Gasteiger partial charge in [-0.25, -0.2) is 4.98 Å². The molecule has 7 nitrogen and oxygen atoms in total. The number of benzene rings is 1. The fraction of sp³-hybridized carbons (Fsp3) is 0.286. The van der Waals surface area contributed by atoms with E-state index in [1.54, 1.807) is 13.2 Å². The second-order valence-electron chi connectivity index (χ2n) is 6.81. The highest BCUT2D eigenvalue weighted by Gasteiger charge is 2.24. The molecule has 3 heterocycles. The van der Waals surface area contributed by atoms with Gasteiger partial charge in [0.15, 0.2) is 0 Å². The van der Waals surface area contributed by atoms with Crippen LogP contribution in [0.1, 0.15) is 16.2 Å². The highest BCUT2D eigenvalue weighted by Crippen LogP contribution is 2.22. The number of ether oxygens (including phenoxy) is 1. The third-order valence-electron chi connectivity index (χ3n) is 4.96. The number of hydrogen-bond donors (Lipinski definition) is 1. The Morgan fingerprint density at radius 2 is 1.82 bits per heavy atom. The van der Waals surface area contributed by atoms with Crippen LogP contribution in [-0.2, 0) is 0 Å². The molecule has 0 atom stereocenters. The van der Waals surface area contributed by atoms with Gasteiger partial charge in [-0.05, 0) is 49.4 Å². The first-order valence-electron chi connectivity index (χ1n) is 9.32. The molecular formula is C21H23N5O2. The van der Waals surface area contributed by atoms with E-state index in [2.05, 4.69) is 20.1 Å². The Kier molecular flexibility index (Phi) is 4.97. The van der Waals surface area contributed by atoms with Gasteiger partial charge in [0.1, 0.15) is 17.3 Å². The second kappa shape index (κ2) is 7.72. The smallest absolute Gasteiger partial charge is 0.272 e. The average Bonchev–Trinajstić information content (AvgIpc) is 3.24. The van der Waals surface area contributed by atoms with Crippen LogP contribution in [0.2, 0.25) is 0 Å². The molecule has 2 aromatic heterocycles. The number of carbonyl (C=O) groups excluding carboxylic acids is 1. The van der Waals surface area contributed by atoms with Crippen molar-refractivity contribution in [1.29, 1.82) is 0 Å². The predicted octanol–water partition coefficient (Wildman–Crippen LogP) is 2.75. The summed E-state index contributed by atoms with van der Waals surface area (Å²) >= 11 is 0. The fourth-order valence-corrected chi connectivity index (χ4v) is 3.35. The summed E-state index contributed by atoms with van der Waals surface area (Å²) in [6, 6.07) is 15.4. The van der Waals surface area contributed by atoms with Crippen LogP contribution < -0.4 is 9.64 Å². The highest BCUT2D eigenvalue weighted by atomic mass is 16.5. The Morgan fingerprint density at radius 1 is 1.07 bits per heavy atom. The van der Waals surface area contributed by atoms with Crippen molar-refractivity contribution in [2.45, 2.75) is 6.92 Å². The maximum Gasteiger partial charge on any atom is 0.272 e. The van der Waals surface area contributed by atoms with Gasteiger partial charge in [0.25, 0.3) is 5.91 Å². The van der Waals surface area contributed by atoms with Crippen LogP contribution in [0.25, 0.3) is 11.3 Å². The van der Waals surface area contributed by atoms with E-state index >= 15 is 0 Å². The van der Waals surface area contributed by atoms with Gasteiger partial charge >= 0.3 is 0 Å². The van der Waals surface area contributed by atoms with Crippen LogP contribution in [0.3, 0.4) is 0 Å². The minimum atomic E-state index is -0.0240. The third kappa shape index (κ3) is 3.69. The first-order valence-corrected chi connectivity index (χ1v) is 9.32. The monoisotopic (exact) mass is 377 g/mol. The van der Waals surface area contributed by atoms with Crippen molar-refractivity contribution < 1.29 is 9.53 Å². The second-order valence-corrected chi connectivity index (χ2v) is 6.81. The lowest BCUT2D eigenvalue weighted by molar-refractivity contribution is 0.0740. The molecule has 144 valence electrons. The minimum absolute atomic E-state index is 0.0240. The van der Waals surface area contributed by atoms with E-state index < -0.39 is 0 Å². The van der Waals surface area contributed by atoms with Crippen LogP contribution in [0.15, 0.2) is 48.5 Å². The van der Waals surface area contributed by atoms with E-state index in [0.29, 0.717) is 18.8 Å². The molecule has 0 radical (unpaired) electrons. The zero-order valence-electron chi connectivity index (χ0n) is 16.1. The molecule has 4 rings (SSSR count). The van der Waals surface area contributed by atoms with Gasteiger partial charge in [-0.1, -0.05) is 6.07 Å². The molecule has 1 saturated heterocycles. The topological polar surface area (TPSA) is 74.3 Å². The predicted molar refractivity (Wildman–Crippen MR) is 108 cm³/mol. The van der Waals surface area contributed by atoms with Gasteiger partial charge in [-0.15, -0.1) is 0 Å². The molecule has 1 aliphatic rings. The van der Waals surface area contributed by atoms with Crippen LogP contribution >= 0.6 is 0 Å². The number of amides is 1. The third-order valence-corrected chi connectivity index (χ3v) is 4.96. The SMILES string of the molecule is COc1ccc(-c2cc(C(=O)N3CCN(c4cccc(C)n4)CC3)[nH]n2)cc1. The fourth-order valence-electron chi connectivity index (χ4n) is 3.35. The standard InChI is InChI=1S/C21H23N5O2/c1-15-4-3-5-20(22-15)25-10-12-26(13-11-25)21(27)19-14-18(23-24-19)16-6-8-17(28-2)9-7-16/h3-9,14H,10-13H2,1-2H3,(H,23,24). The summed E-state index contributed by atoms with van der Waals surface area (Å²) in [5.41, 5.74) is 3.19. The number of aryl methyl sites for hydroxylation is 1.